The summed E-state index contributed by atoms with van der Waals surface area (Å²) in [5, 5.41) is 5.04. The lowest BCUT2D eigenvalue weighted by atomic mass is 10.0. The van der Waals surface area contributed by atoms with Crippen molar-refractivity contribution in [3.63, 3.8) is 0 Å². The quantitative estimate of drug-likeness (QED) is 0.647. The van der Waals surface area contributed by atoms with Crippen LogP contribution < -0.4 is 20.1 Å². The fraction of sp³-hybridized carbons (Fsp3) is 0.261. The van der Waals surface area contributed by atoms with Crippen molar-refractivity contribution in [2.24, 2.45) is 0 Å². The zero-order valence-corrected chi connectivity index (χ0v) is 16.3. The summed E-state index contributed by atoms with van der Waals surface area (Å²) < 4.78 is 16.8. The highest BCUT2D eigenvalue weighted by Crippen LogP contribution is 2.32. The molecule has 0 radical (unpaired) electrons. The molecule has 3 N–H and O–H groups in total. The Bertz CT molecular complexity index is 941. The molecule has 6 nitrogen and oxygen atoms in total. The fourth-order valence-corrected chi connectivity index (χ4v) is 3.48. The summed E-state index contributed by atoms with van der Waals surface area (Å²) in [5.41, 5.74) is 2.07. The number of quaternary nitrogens is 1. The van der Waals surface area contributed by atoms with Crippen molar-refractivity contribution in [3.05, 3.63) is 83.8 Å². The number of nitrogens with two attached hydrogens (primary N) is 1. The lowest BCUT2D eigenvalue weighted by Gasteiger charge is -2.21. The molecule has 2 heterocycles. The number of carbonyl (C=O) groups is 1. The topological polar surface area (TPSA) is 77.3 Å². The van der Waals surface area contributed by atoms with Gasteiger partial charge in [0, 0.05) is 5.56 Å². The van der Waals surface area contributed by atoms with E-state index in [2.05, 4.69) is 5.32 Å². The highest BCUT2D eigenvalue weighted by atomic mass is 16.6. The Balaban J connectivity index is 1.38. The average Bonchev–Trinajstić information content (AvgIpc) is 3.29. The van der Waals surface area contributed by atoms with Gasteiger partial charge in [-0.2, -0.15) is 0 Å². The van der Waals surface area contributed by atoms with E-state index in [0.717, 1.165) is 28.4 Å². The molecule has 0 saturated carbocycles. The SMILES string of the molecule is C[C@@H](NC(=O)C[NH2+][C@H](c1ccccc1)c1ccco1)c1ccc2c(c1)OCCO2. The van der Waals surface area contributed by atoms with Gasteiger partial charge >= 0.3 is 0 Å². The molecule has 0 spiro atoms. The Morgan fingerprint density at radius 1 is 1.00 bits per heavy atom. The number of fused-ring (bicyclic) bond motifs is 1. The van der Waals surface area contributed by atoms with E-state index < -0.39 is 0 Å². The van der Waals surface area contributed by atoms with Gasteiger partial charge in [0.2, 0.25) is 0 Å². The van der Waals surface area contributed by atoms with Crippen LogP contribution in [0.3, 0.4) is 0 Å². The lowest BCUT2D eigenvalue weighted by Crippen LogP contribution is -2.87. The van der Waals surface area contributed by atoms with E-state index in [1.165, 1.54) is 0 Å². The predicted octanol–water partition coefficient (Wildman–Crippen LogP) is 2.58. The van der Waals surface area contributed by atoms with Crippen LogP contribution in [-0.2, 0) is 4.79 Å². The van der Waals surface area contributed by atoms with Gasteiger partial charge in [0.1, 0.15) is 13.2 Å². The molecule has 3 aromatic rings. The van der Waals surface area contributed by atoms with E-state index in [9.17, 15) is 4.79 Å². The second kappa shape index (κ2) is 8.84. The lowest BCUT2D eigenvalue weighted by molar-refractivity contribution is -0.678. The normalized spacial score (nSPS) is 14.8. The van der Waals surface area contributed by atoms with Crippen molar-refractivity contribution < 1.29 is 24.0 Å². The van der Waals surface area contributed by atoms with Crippen molar-refractivity contribution in [1.29, 1.82) is 0 Å². The molecular weight excluding hydrogens is 368 g/mol. The van der Waals surface area contributed by atoms with Crippen LogP contribution >= 0.6 is 0 Å². The number of benzene rings is 2. The van der Waals surface area contributed by atoms with Crippen LogP contribution in [0.25, 0.3) is 0 Å². The van der Waals surface area contributed by atoms with Gasteiger partial charge in [-0.3, -0.25) is 4.79 Å². The summed E-state index contributed by atoms with van der Waals surface area (Å²) in [6, 6.07) is 19.4. The van der Waals surface area contributed by atoms with Crippen LogP contribution in [0.15, 0.2) is 71.3 Å². The molecule has 150 valence electrons. The Morgan fingerprint density at radius 3 is 2.55 bits per heavy atom. The number of hydrogen-bond acceptors (Lipinski definition) is 4. The van der Waals surface area contributed by atoms with Crippen molar-refractivity contribution in [3.8, 4) is 11.5 Å². The maximum absolute atomic E-state index is 12.6. The van der Waals surface area contributed by atoms with E-state index in [-0.39, 0.29) is 24.5 Å². The summed E-state index contributed by atoms with van der Waals surface area (Å²) in [6.07, 6.45) is 1.66. The van der Waals surface area contributed by atoms with E-state index in [1.807, 2.05) is 72.9 Å². The number of hydrogen-bond donors (Lipinski definition) is 2. The van der Waals surface area contributed by atoms with Crippen LogP contribution in [0.1, 0.15) is 35.9 Å². The molecule has 0 fully saturated rings. The van der Waals surface area contributed by atoms with Crippen LogP contribution in [0, 0.1) is 0 Å². The standard InChI is InChI=1S/C23H24N2O4/c1-16(18-9-10-19-21(14-18)29-13-12-28-19)25-22(26)15-24-23(20-8-5-11-27-20)17-6-3-2-4-7-17/h2-11,14,16,23-24H,12-13,15H2,1H3,(H,25,26)/p+1/t16-,23-/m1/s1. The van der Waals surface area contributed by atoms with Gasteiger partial charge in [0.15, 0.2) is 29.8 Å². The average molecular weight is 393 g/mol. The van der Waals surface area contributed by atoms with Crippen LogP contribution in [-0.4, -0.2) is 25.7 Å². The van der Waals surface area contributed by atoms with Crippen LogP contribution in [0.5, 0.6) is 11.5 Å². The largest absolute Gasteiger partial charge is 0.486 e. The molecule has 0 aliphatic carbocycles. The predicted molar refractivity (Wildman–Crippen MR) is 108 cm³/mol. The molecule has 4 rings (SSSR count). The molecule has 1 aliphatic rings. The summed E-state index contributed by atoms with van der Waals surface area (Å²) >= 11 is 0. The van der Waals surface area contributed by atoms with Crippen molar-refractivity contribution in [2.45, 2.75) is 19.0 Å². The number of nitrogens with one attached hydrogen (secondary N) is 1. The third-order valence-corrected chi connectivity index (χ3v) is 4.99. The number of furan rings is 1. The zero-order chi connectivity index (χ0) is 20.1. The molecule has 6 heteroatoms. The minimum atomic E-state index is -0.134. The first kappa shape index (κ1) is 19.1. The Hall–Kier alpha value is -3.25. The van der Waals surface area contributed by atoms with Crippen molar-refractivity contribution in [2.75, 3.05) is 19.8 Å². The Labute approximate surface area is 169 Å². The molecule has 2 atom stereocenters. The van der Waals surface area contributed by atoms with Crippen LogP contribution in [0.2, 0.25) is 0 Å². The summed E-state index contributed by atoms with van der Waals surface area (Å²) in [5.74, 6) is 2.25. The second-order valence-corrected chi connectivity index (χ2v) is 7.04. The molecular formula is C23H25N2O4+. The first-order valence-electron chi connectivity index (χ1n) is 9.81. The van der Waals surface area contributed by atoms with Gasteiger partial charge in [-0.05, 0) is 36.8 Å². The van der Waals surface area contributed by atoms with Gasteiger partial charge < -0.3 is 24.5 Å². The summed E-state index contributed by atoms with van der Waals surface area (Å²) in [4.78, 5) is 12.6. The van der Waals surface area contributed by atoms with Crippen molar-refractivity contribution in [1.82, 2.24) is 5.32 Å². The smallest absolute Gasteiger partial charge is 0.275 e. The molecule has 29 heavy (non-hydrogen) atoms. The van der Waals surface area contributed by atoms with Gasteiger partial charge in [0.25, 0.3) is 5.91 Å². The minimum absolute atomic E-state index is 0.0418. The maximum atomic E-state index is 12.6. The first-order valence-corrected chi connectivity index (χ1v) is 9.81. The van der Waals surface area contributed by atoms with Gasteiger partial charge in [0.05, 0.1) is 12.3 Å². The minimum Gasteiger partial charge on any atom is -0.486 e. The molecule has 1 aliphatic heterocycles. The van der Waals surface area contributed by atoms with Gasteiger partial charge in [-0.15, -0.1) is 0 Å². The second-order valence-electron chi connectivity index (χ2n) is 7.04. The Morgan fingerprint density at radius 2 is 1.79 bits per heavy atom. The van der Waals surface area contributed by atoms with E-state index in [4.69, 9.17) is 13.9 Å². The van der Waals surface area contributed by atoms with Crippen LogP contribution in [0.4, 0.5) is 0 Å². The molecule has 0 bridgehead atoms. The van der Waals surface area contributed by atoms with Gasteiger partial charge in [-0.25, -0.2) is 0 Å². The van der Waals surface area contributed by atoms with E-state index in [0.29, 0.717) is 13.2 Å². The third-order valence-electron chi connectivity index (χ3n) is 4.99. The zero-order valence-electron chi connectivity index (χ0n) is 16.3. The number of amides is 1. The summed E-state index contributed by atoms with van der Waals surface area (Å²) in [6.45, 7) is 3.35. The van der Waals surface area contributed by atoms with E-state index >= 15 is 0 Å². The number of ether oxygens (including phenoxy) is 2. The third kappa shape index (κ3) is 4.60. The molecule has 0 saturated heterocycles. The molecule has 2 aromatic carbocycles. The monoisotopic (exact) mass is 393 g/mol. The highest BCUT2D eigenvalue weighted by Gasteiger charge is 2.22. The highest BCUT2D eigenvalue weighted by molar-refractivity contribution is 5.77. The maximum Gasteiger partial charge on any atom is 0.275 e. The molecule has 1 amide bonds. The van der Waals surface area contributed by atoms with Crippen molar-refractivity contribution >= 4 is 5.91 Å². The molecule has 0 unspecified atom stereocenters. The van der Waals surface area contributed by atoms with Gasteiger partial charge in [-0.1, -0.05) is 36.4 Å². The Kier molecular flexibility index (Phi) is 5.81. The summed E-state index contributed by atoms with van der Waals surface area (Å²) in [7, 11) is 0. The van der Waals surface area contributed by atoms with E-state index in [1.54, 1.807) is 6.26 Å². The first-order chi connectivity index (χ1) is 14.2. The molecule has 1 aromatic heterocycles. The number of rotatable bonds is 7. The fourth-order valence-electron chi connectivity index (χ4n) is 3.48. The number of carbonyl (C=O) groups excluding carboxylic acids is 1.